The maximum absolute atomic E-state index is 10.7. The van der Waals surface area contributed by atoms with Gasteiger partial charge in [0.05, 0.1) is 4.92 Å². The molecule has 16 heavy (non-hydrogen) atoms. The van der Waals surface area contributed by atoms with Crippen LogP contribution in [0.2, 0.25) is 0 Å². The number of benzene rings is 1. The smallest absolute Gasteiger partial charge is 1.00 e. The molecule has 0 radical (unpaired) electrons. The molecule has 0 saturated carbocycles. The molecule has 0 aliphatic heterocycles. The summed E-state index contributed by atoms with van der Waals surface area (Å²) < 4.78 is 0. The number of nitro groups is 1. The van der Waals surface area contributed by atoms with E-state index in [4.69, 9.17) is 5.11 Å². The molecule has 1 N–H and O–H groups in total. The van der Waals surface area contributed by atoms with Gasteiger partial charge in [-0.2, -0.15) is 0 Å². The van der Waals surface area contributed by atoms with Crippen LogP contribution in [0, 0.1) is 10.1 Å². The van der Waals surface area contributed by atoms with E-state index in [2.05, 4.69) is 0 Å². The maximum atomic E-state index is 10.7. The molecule has 0 saturated heterocycles. The molecular weight excluding hydrogens is 221 g/mol. The minimum Gasteiger partial charge on any atom is -1.00 e. The third-order valence-corrected chi connectivity index (χ3v) is 2.12. The van der Waals surface area contributed by atoms with Crippen molar-refractivity contribution in [2.24, 2.45) is 0 Å². The number of aromatic carboxylic acids is 1. The van der Waals surface area contributed by atoms with Crippen molar-refractivity contribution in [2.75, 3.05) is 0 Å². The molecule has 0 aliphatic carbocycles. The Labute approximate surface area is 116 Å². The van der Waals surface area contributed by atoms with Crippen molar-refractivity contribution >= 4 is 11.7 Å². The fourth-order valence-corrected chi connectivity index (χ4v) is 1.24. The standard InChI is InChI=1S/C10H11NO4.Na.H/c1-6(2)7-3-4-8(10(12)13)9(5-7)11(14)15;;/h3-6H,1-2H3,(H,12,13);;/q;+1;-1. The first kappa shape index (κ1) is 15.1. The molecular formula is C10H12NNaO4. The predicted molar refractivity (Wildman–Crippen MR) is 55.3 cm³/mol. The minimum absolute atomic E-state index is 0. The van der Waals surface area contributed by atoms with Gasteiger partial charge < -0.3 is 6.53 Å². The maximum Gasteiger partial charge on any atom is 1.00 e. The summed E-state index contributed by atoms with van der Waals surface area (Å²) in [4.78, 5) is 20.7. The van der Waals surface area contributed by atoms with Crippen LogP contribution in [-0.2, 0) is 0 Å². The molecule has 0 heterocycles. The number of hydrogen-bond acceptors (Lipinski definition) is 3. The average Bonchev–Trinajstić information content (AvgIpc) is 2.16. The van der Waals surface area contributed by atoms with E-state index in [1.165, 1.54) is 12.1 Å². The fraction of sp³-hybridized carbons (Fsp3) is 0.300. The first-order valence-electron chi connectivity index (χ1n) is 4.45. The summed E-state index contributed by atoms with van der Waals surface area (Å²) >= 11 is 0. The van der Waals surface area contributed by atoms with Crippen molar-refractivity contribution in [1.82, 2.24) is 0 Å². The zero-order chi connectivity index (χ0) is 11.6. The number of carboxylic acids is 1. The van der Waals surface area contributed by atoms with Gasteiger partial charge in [0, 0.05) is 6.07 Å². The van der Waals surface area contributed by atoms with Gasteiger partial charge in [-0.15, -0.1) is 0 Å². The van der Waals surface area contributed by atoms with Crippen LogP contribution in [0.15, 0.2) is 18.2 Å². The van der Waals surface area contributed by atoms with Gasteiger partial charge in [0.1, 0.15) is 5.56 Å². The summed E-state index contributed by atoms with van der Waals surface area (Å²) in [6.07, 6.45) is 0. The van der Waals surface area contributed by atoms with Crippen molar-refractivity contribution in [2.45, 2.75) is 19.8 Å². The molecule has 0 aliphatic rings. The first-order chi connectivity index (χ1) is 6.93. The Morgan fingerprint density at radius 3 is 2.44 bits per heavy atom. The van der Waals surface area contributed by atoms with E-state index in [1.54, 1.807) is 6.07 Å². The second-order valence-corrected chi connectivity index (χ2v) is 3.49. The largest absolute Gasteiger partial charge is 1.00 e. The zero-order valence-corrected chi connectivity index (χ0v) is 11.4. The van der Waals surface area contributed by atoms with Gasteiger partial charge in [-0.25, -0.2) is 4.79 Å². The number of rotatable bonds is 3. The Bertz CT molecular complexity index is 423. The van der Waals surface area contributed by atoms with Crippen LogP contribution in [0.4, 0.5) is 5.69 Å². The van der Waals surface area contributed by atoms with Crippen LogP contribution in [0.25, 0.3) is 0 Å². The average molecular weight is 233 g/mol. The van der Waals surface area contributed by atoms with Crippen LogP contribution < -0.4 is 29.6 Å². The molecule has 0 spiro atoms. The summed E-state index contributed by atoms with van der Waals surface area (Å²) in [5, 5.41) is 19.4. The molecule has 82 valence electrons. The molecule has 0 atom stereocenters. The Balaban J connectivity index is 0. The molecule has 0 unspecified atom stereocenters. The van der Waals surface area contributed by atoms with E-state index < -0.39 is 10.9 Å². The minimum atomic E-state index is -1.28. The van der Waals surface area contributed by atoms with Gasteiger partial charge in [-0.1, -0.05) is 19.9 Å². The number of hydrogen-bond donors (Lipinski definition) is 1. The molecule has 1 rings (SSSR count). The van der Waals surface area contributed by atoms with Crippen molar-refractivity contribution in [1.29, 1.82) is 0 Å². The summed E-state index contributed by atoms with van der Waals surface area (Å²) in [6, 6.07) is 4.19. The predicted octanol–water partition coefficient (Wildman–Crippen LogP) is -0.467. The Kier molecular flexibility index (Phi) is 5.64. The topological polar surface area (TPSA) is 80.4 Å². The van der Waals surface area contributed by atoms with Gasteiger partial charge in [0.15, 0.2) is 0 Å². The molecule has 5 nitrogen and oxygen atoms in total. The van der Waals surface area contributed by atoms with E-state index in [9.17, 15) is 14.9 Å². The molecule has 0 bridgehead atoms. The summed E-state index contributed by atoms with van der Waals surface area (Å²) in [7, 11) is 0. The molecule has 0 fully saturated rings. The summed E-state index contributed by atoms with van der Waals surface area (Å²) in [5.41, 5.74) is 0.129. The Morgan fingerprint density at radius 1 is 1.50 bits per heavy atom. The third-order valence-electron chi connectivity index (χ3n) is 2.12. The third kappa shape index (κ3) is 3.30. The van der Waals surface area contributed by atoms with Crippen molar-refractivity contribution in [3.63, 3.8) is 0 Å². The Hall–Kier alpha value is -0.910. The van der Waals surface area contributed by atoms with Crippen LogP contribution in [0.3, 0.4) is 0 Å². The van der Waals surface area contributed by atoms with Crippen molar-refractivity contribution in [3.8, 4) is 0 Å². The van der Waals surface area contributed by atoms with Crippen molar-refractivity contribution in [3.05, 3.63) is 39.4 Å². The first-order valence-corrected chi connectivity index (χ1v) is 4.45. The van der Waals surface area contributed by atoms with Crippen LogP contribution in [0.1, 0.15) is 37.1 Å². The quantitative estimate of drug-likeness (QED) is 0.435. The van der Waals surface area contributed by atoms with E-state index in [-0.39, 0.29) is 48.2 Å². The fourth-order valence-electron chi connectivity index (χ4n) is 1.24. The monoisotopic (exact) mass is 233 g/mol. The van der Waals surface area contributed by atoms with E-state index in [0.717, 1.165) is 5.56 Å². The summed E-state index contributed by atoms with van der Waals surface area (Å²) in [6.45, 7) is 3.78. The molecule has 1 aromatic rings. The summed E-state index contributed by atoms with van der Waals surface area (Å²) in [5.74, 6) is -1.15. The Morgan fingerprint density at radius 2 is 2.06 bits per heavy atom. The zero-order valence-electron chi connectivity index (χ0n) is 10.4. The number of carbonyl (C=O) groups is 1. The normalized spacial score (nSPS) is 9.69. The second kappa shape index (κ2) is 5.98. The van der Waals surface area contributed by atoms with E-state index in [1.807, 2.05) is 13.8 Å². The SMILES string of the molecule is CC(C)c1ccc(C(=O)O)c([N+](=O)[O-])c1.[H-].[Na+]. The van der Waals surface area contributed by atoms with Crippen LogP contribution >= 0.6 is 0 Å². The van der Waals surface area contributed by atoms with Gasteiger partial charge >= 0.3 is 35.5 Å². The molecule has 0 aromatic heterocycles. The van der Waals surface area contributed by atoms with Gasteiger partial charge in [0.25, 0.3) is 5.69 Å². The number of nitro benzene ring substituents is 1. The molecule has 0 amide bonds. The van der Waals surface area contributed by atoms with Gasteiger partial charge in [-0.05, 0) is 17.5 Å². The van der Waals surface area contributed by atoms with Gasteiger partial charge in [-0.3, -0.25) is 10.1 Å². The van der Waals surface area contributed by atoms with Gasteiger partial charge in [0.2, 0.25) is 0 Å². The molecule has 1 aromatic carbocycles. The van der Waals surface area contributed by atoms with Crippen molar-refractivity contribution < 1.29 is 45.8 Å². The van der Waals surface area contributed by atoms with E-state index >= 15 is 0 Å². The van der Waals surface area contributed by atoms with E-state index in [0.29, 0.717) is 0 Å². The second-order valence-electron chi connectivity index (χ2n) is 3.49. The van der Waals surface area contributed by atoms with Crippen LogP contribution in [0.5, 0.6) is 0 Å². The van der Waals surface area contributed by atoms with Crippen LogP contribution in [-0.4, -0.2) is 16.0 Å². The number of nitrogens with zero attached hydrogens (tertiary/aromatic N) is 1. The number of carboxylic acid groups (broad SMARTS) is 1. The molecule has 6 heteroatoms.